The highest BCUT2D eigenvalue weighted by atomic mass is 32.2. The molecule has 1 aromatic carbocycles. The largest absolute Gasteiger partial charge is 0.337 e. The summed E-state index contributed by atoms with van der Waals surface area (Å²) in [6.45, 7) is 4.18. The quantitative estimate of drug-likeness (QED) is 0.854. The molecule has 102 valence electrons. The first-order chi connectivity index (χ1) is 8.95. The molecule has 1 aromatic rings. The first-order valence-corrected chi connectivity index (χ1v) is 7.03. The van der Waals surface area contributed by atoms with E-state index in [1.165, 1.54) is 24.8 Å². The first kappa shape index (κ1) is 14.1. The Balaban J connectivity index is 2.01. The second-order valence-corrected chi connectivity index (χ2v) is 6.27. The molecule has 1 aliphatic rings. The Morgan fingerprint density at radius 3 is 2.89 bits per heavy atom. The summed E-state index contributed by atoms with van der Waals surface area (Å²) in [6.07, 6.45) is 0.387. The van der Waals surface area contributed by atoms with Crippen LogP contribution in [0.15, 0.2) is 18.2 Å². The van der Waals surface area contributed by atoms with Crippen LogP contribution in [-0.4, -0.2) is 27.7 Å². The fourth-order valence-electron chi connectivity index (χ4n) is 2.16. The molecule has 0 aliphatic carbocycles. The molecule has 0 N–H and O–H groups in total. The highest BCUT2D eigenvalue weighted by Gasteiger charge is 2.30. The highest BCUT2D eigenvalue weighted by Crippen LogP contribution is 2.25. The van der Waals surface area contributed by atoms with Crippen LogP contribution in [0.25, 0.3) is 0 Å². The van der Waals surface area contributed by atoms with Crippen LogP contribution in [-0.2, 0) is 16.1 Å². The molecule has 0 radical (unpaired) electrons. The van der Waals surface area contributed by atoms with Crippen molar-refractivity contribution in [3.63, 3.8) is 0 Å². The molecule has 5 heteroatoms. The smallest absolute Gasteiger partial charge is 0.224 e. The number of amides is 1. The van der Waals surface area contributed by atoms with E-state index in [2.05, 4.69) is 0 Å². The van der Waals surface area contributed by atoms with Crippen molar-refractivity contribution in [2.45, 2.75) is 32.1 Å². The lowest BCUT2D eigenvalue weighted by molar-refractivity contribution is -0.128. The molecule has 1 heterocycles. The number of likely N-dealkylation sites (tertiary alicyclic amines) is 1. The van der Waals surface area contributed by atoms with Crippen LogP contribution in [0.4, 0.5) is 4.39 Å². The van der Waals surface area contributed by atoms with Gasteiger partial charge >= 0.3 is 0 Å². The molecule has 1 fully saturated rings. The number of aryl methyl sites for hydroxylation is 1. The van der Waals surface area contributed by atoms with Gasteiger partial charge in [0.2, 0.25) is 5.91 Å². The zero-order valence-corrected chi connectivity index (χ0v) is 11.8. The van der Waals surface area contributed by atoms with E-state index in [9.17, 15) is 14.0 Å². The van der Waals surface area contributed by atoms with E-state index in [0.29, 0.717) is 25.1 Å². The molecule has 0 saturated carbocycles. The Bertz CT molecular complexity index is 518. The Morgan fingerprint density at radius 2 is 2.26 bits per heavy atom. The van der Waals surface area contributed by atoms with Crippen molar-refractivity contribution < 1.29 is 14.0 Å². The van der Waals surface area contributed by atoms with E-state index in [1.54, 1.807) is 17.9 Å². The van der Waals surface area contributed by atoms with E-state index < -0.39 is 0 Å². The van der Waals surface area contributed by atoms with Crippen LogP contribution in [0.3, 0.4) is 0 Å². The molecule has 0 aromatic heterocycles. The molecule has 1 amide bonds. The van der Waals surface area contributed by atoms with Crippen molar-refractivity contribution >= 4 is 22.8 Å². The van der Waals surface area contributed by atoms with Crippen molar-refractivity contribution in [3.8, 4) is 0 Å². The van der Waals surface area contributed by atoms with Crippen LogP contribution in [0.2, 0.25) is 0 Å². The summed E-state index contributed by atoms with van der Waals surface area (Å²) < 4.78 is 13.4. The van der Waals surface area contributed by atoms with Gasteiger partial charge in [0.15, 0.2) is 5.12 Å². The van der Waals surface area contributed by atoms with Gasteiger partial charge in [-0.1, -0.05) is 23.9 Å². The van der Waals surface area contributed by atoms with Gasteiger partial charge in [-0.25, -0.2) is 4.39 Å². The van der Waals surface area contributed by atoms with E-state index in [4.69, 9.17) is 0 Å². The van der Waals surface area contributed by atoms with Crippen molar-refractivity contribution in [3.05, 3.63) is 35.1 Å². The molecule has 3 nitrogen and oxygen atoms in total. The molecule has 1 aliphatic heterocycles. The minimum atomic E-state index is -0.251. The number of hydrogen-bond donors (Lipinski definition) is 0. The molecular weight excluding hydrogens is 265 g/mol. The fourth-order valence-corrected chi connectivity index (χ4v) is 3.11. The summed E-state index contributed by atoms with van der Waals surface area (Å²) >= 11 is 1.21. The monoisotopic (exact) mass is 281 g/mol. The van der Waals surface area contributed by atoms with Crippen LogP contribution in [0, 0.1) is 12.7 Å². The van der Waals surface area contributed by atoms with Crippen LogP contribution >= 0.6 is 11.8 Å². The van der Waals surface area contributed by atoms with Gasteiger partial charge in [0, 0.05) is 31.7 Å². The maximum Gasteiger partial charge on any atom is 0.224 e. The third kappa shape index (κ3) is 3.56. The zero-order valence-electron chi connectivity index (χ0n) is 11.0. The summed E-state index contributed by atoms with van der Waals surface area (Å²) in [6, 6.07) is 5.01. The van der Waals surface area contributed by atoms with Gasteiger partial charge in [-0.3, -0.25) is 9.59 Å². The van der Waals surface area contributed by atoms with E-state index in [1.807, 2.05) is 6.07 Å². The SMILES string of the molecule is CC(=O)SC1CC(=O)N(Cc2ccc(C)c(F)c2)C1. The molecule has 19 heavy (non-hydrogen) atoms. The van der Waals surface area contributed by atoms with Gasteiger partial charge < -0.3 is 4.90 Å². The van der Waals surface area contributed by atoms with Crippen molar-refractivity contribution in [2.24, 2.45) is 0 Å². The van der Waals surface area contributed by atoms with Crippen LogP contribution < -0.4 is 0 Å². The predicted molar refractivity (Wildman–Crippen MR) is 73.2 cm³/mol. The fraction of sp³-hybridized carbons (Fsp3) is 0.429. The van der Waals surface area contributed by atoms with Gasteiger partial charge in [0.1, 0.15) is 5.82 Å². The van der Waals surface area contributed by atoms with Crippen molar-refractivity contribution in [1.29, 1.82) is 0 Å². The predicted octanol–water partition coefficient (Wildman–Crippen LogP) is 2.51. The van der Waals surface area contributed by atoms with E-state index >= 15 is 0 Å². The topological polar surface area (TPSA) is 37.4 Å². The summed E-state index contributed by atoms with van der Waals surface area (Å²) in [5.74, 6) is -0.224. The molecule has 1 unspecified atom stereocenters. The Morgan fingerprint density at radius 1 is 1.53 bits per heavy atom. The third-order valence-corrected chi connectivity index (χ3v) is 4.10. The highest BCUT2D eigenvalue weighted by molar-refractivity contribution is 8.14. The maximum atomic E-state index is 13.4. The number of thioether (sulfide) groups is 1. The standard InChI is InChI=1S/C14H16FNO2S/c1-9-3-4-11(5-13(9)15)7-16-8-12(6-14(16)18)19-10(2)17/h3-5,12H,6-8H2,1-2H3. The second-order valence-electron chi connectivity index (χ2n) is 4.79. The van der Waals surface area contributed by atoms with Crippen molar-refractivity contribution in [1.82, 2.24) is 4.90 Å². The average molecular weight is 281 g/mol. The Labute approximate surface area is 116 Å². The Hall–Kier alpha value is -1.36. The summed E-state index contributed by atoms with van der Waals surface area (Å²) in [7, 11) is 0. The van der Waals surface area contributed by atoms with Gasteiger partial charge in [-0.05, 0) is 24.1 Å². The number of halogens is 1. The number of hydrogen-bond acceptors (Lipinski definition) is 3. The lowest BCUT2D eigenvalue weighted by Gasteiger charge is -2.16. The van der Waals surface area contributed by atoms with E-state index in [0.717, 1.165) is 5.56 Å². The van der Waals surface area contributed by atoms with E-state index in [-0.39, 0.29) is 22.1 Å². The molecular formula is C14H16FNO2S. The number of carbonyl (C=O) groups is 2. The summed E-state index contributed by atoms with van der Waals surface area (Å²) in [4.78, 5) is 24.6. The lowest BCUT2D eigenvalue weighted by Crippen LogP contribution is -2.25. The van der Waals surface area contributed by atoms with Gasteiger partial charge in [-0.15, -0.1) is 0 Å². The molecule has 1 saturated heterocycles. The van der Waals surface area contributed by atoms with Crippen LogP contribution in [0.1, 0.15) is 24.5 Å². The Kier molecular flexibility index (Phi) is 4.24. The molecule has 1 atom stereocenters. The normalized spacial score (nSPS) is 19.0. The average Bonchev–Trinajstić information content (AvgIpc) is 2.63. The van der Waals surface area contributed by atoms with Crippen molar-refractivity contribution in [2.75, 3.05) is 6.54 Å². The van der Waals surface area contributed by atoms with Gasteiger partial charge in [0.25, 0.3) is 0 Å². The van der Waals surface area contributed by atoms with Crippen LogP contribution in [0.5, 0.6) is 0 Å². The van der Waals surface area contributed by atoms with Gasteiger partial charge in [0.05, 0.1) is 0 Å². The molecule has 2 rings (SSSR count). The number of carbonyl (C=O) groups excluding carboxylic acids is 2. The number of benzene rings is 1. The summed E-state index contributed by atoms with van der Waals surface area (Å²) in [5.41, 5.74) is 1.38. The lowest BCUT2D eigenvalue weighted by atomic mass is 10.1. The number of rotatable bonds is 3. The maximum absolute atomic E-state index is 13.4. The minimum absolute atomic E-state index is 0.0275. The summed E-state index contributed by atoms with van der Waals surface area (Å²) in [5, 5.41) is 0.0568. The minimum Gasteiger partial charge on any atom is -0.337 e. The zero-order chi connectivity index (χ0) is 14.0. The molecule has 0 spiro atoms. The number of nitrogens with zero attached hydrogens (tertiary/aromatic N) is 1. The first-order valence-electron chi connectivity index (χ1n) is 6.15. The van der Waals surface area contributed by atoms with Gasteiger partial charge in [-0.2, -0.15) is 0 Å². The third-order valence-electron chi connectivity index (χ3n) is 3.12. The second kappa shape index (κ2) is 5.74. The molecule has 0 bridgehead atoms.